The van der Waals surface area contributed by atoms with E-state index in [1.807, 2.05) is 0 Å². The number of ether oxygens (including phenoxy) is 4. The van der Waals surface area contributed by atoms with Gasteiger partial charge in [0.1, 0.15) is 0 Å². The molecule has 0 bridgehead atoms. The third-order valence-electron chi connectivity index (χ3n) is 3.56. The molecule has 1 heterocycles. The minimum absolute atomic E-state index is 0.270. The minimum atomic E-state index is 0.270. The number of rotatable bonds is 15. The Morgan fingerprint density at radius 1 is 0.727 bits per heavy atom. The zero-order chi connectivity index (χ0) is 15.7. The van der Waals surface area contributed by atoms with E-state index in [2.05, 4.69) is 5.32 Å². The molecule has 1 aliphatic rings. The van der Waals surface area contributed by atoms with Gasteiger partial charge in [0.05, 0.1) is 45.7 Å². The zero-order valence-electron chi connectivity index (χ0n) is 13.8. The predicted molar refractivity (Wildman–Crippen MR) is 85.2 cm³/mol. The molecule has 0 aliphatic carbocycles. The second kappa shape index (κ2) is 15.6. The SMILES string of the molecule is OCCCCCOCCOCCOCCOC1CCNCC1. The molecule has 1 rings (SSSR count). The van der Waals surface area contributed by atoms with Crippen LogP contribution in [0.3, 0.4) is 0 Å². The lowest BCUT2D eigenvalue weighted by Gasteiger charge is -2.22. The van der Waals surface area contributed by atoms with Crippen molar-refractivity contribution in [3.05, 3.63) is 0 Å². The van der Waals surface area contributed by atoms with Crippen molar-refractivity contribution >= 4 is 0 Å². The molecule has 6 nitrogen and oxygen atoms in total. The van der Waals surface area contributed by atoms with E-state index in [4.69, 9.17) is 24.1 Å². The van der Waals surface area contributed by atoms with E-state index in [-0.39, 0.29) is 6.61 Å². The Morgan fingerprint density at radius 3 is 1.95 bits per heavy atom. The maximum absolute atomic E-state index is 8.63. The Labute approximate surface area is 134 Å². The van der Waals surface area contributed by atoms with Crippen LogP contribution in [0.25, 0.3) is 0 Å². The van der Waals surface area contributed by atoms with E-state index in [9.17, 15) is 0 Å². The molecule has 22 heavy (non-hydrogen) atoms. The molecule has 0 spiro atoms. The van der Waals surface area contributed by atoms with Crippen molar-refractivity contribution in [2.75, 3.05) is 65.9 Å². The zero-order valence-corrected chi connectivity index (χ0v) is 13.8. The van der Waals surface area contributed by atoms with Gasteiger partial charge in [-0.05, 0) is 45.2 Å². The van der Waals surface area contributed by atoms with Crippen molar-refractivity contribution < 1.29 is 24.1 Å². The van der Waals surface area contributed by atoms with Gasteiger partial charge < -0.3 is 29.4 Å². The normalized spacial score (nSPS) is 16.2. The third-order valence-corrected chi connectivity index (χ3v) is 3.56. The first kappa shape index (κ1) is 19.8. The highest BCUT2D eigenvalue weighted by atomic mass is 16.6. The Bertz CT molecular complexity index is 225. The number of aliphatic hydroxyl groups is 1. The number of unbranched alkanes of at least 4 members (excludes halogenated alkanes) is 2. The third kappa shape index (κ3) is 12.3. The van der Waals surface area contributed by atoms with Crippen LogP contribution in [0.1, 0.15) is 32.1 Å². The van der Waals surface area contributed by atoms with Gasteiger partial charge in [-0.15, -0.1) is 0 Å². The van der Waals surface area contributed by atoms with Crippen LogP contribution in [-0.4, -0.2) is 77.2 Å². The first-order valence-corrected chi connectivity index (χ1v) is 8.60. The second-order valence-electron chi connectivity index (χ2n) is 5.44. The topological polar surface area (TPSA) is 69.2 Å². The summed E-state index contributed by atoms with van der Waals surface area (Å²) in [4.78, 5) is 0. The molecule has 1 saturated heterocycles. The molecule has 1 aliphatic heterocycles. The summed E-state index contributed by atoms with van der Waals surface area (Å²) in [5, 5.41) is 11.9. The van der Waals surface area contributed by atoms with E-state index in [0.29, 0.717) is 45.7 Å². The fourth-order valence-corrected chi connectivity index (χ4v) is 2.27. The van der Waals surface area contributed by atoms with Crippen molar-refractivity contribution in [3.63, 3.8) is 0 Å². The molecule has 0 amide bonds. The molecule has 132 valence electrons. The van der Waals surface area contributed by atoms with Gasteiger partial charge >= 0.3 is 0 Å². The van der Waals surface area contributed by atoms with Crippen molar-refractivity contribution in [2.45, 2.75) is 38.2 Å². The van der Waals surface area contributed by atoms with Crippen LogP contribution in [0.2, 0.25) is 0 Å². The fourth-order valence-electron chi connectivity index (χ4n) is 2.27. The molecule has 0 atom stereocenters. The largest absolute Gasteiger partial charge is 0.396 e. The number of piperidine rings is 1. The highest BCUT2D eigenvalue weighted by molar-refractivity contribution is 4.67. The number of nitrogens with one attached hydrogen (secondary N) is 1. The highest BCUT2D eigenvalue weighted by Gasteiger charge is 2.12. The number of aliphatic hydroxyl groups excluding tert-OH is 1. The highest BCUT2D eigenvalue weighted by Crippen LogP contribution is 2.06. The molecule has 0 saturated carbocycles. The van der Waals surface area contributed by atoms with Gasteiger partial charge in [-0.2, -0.15) is 0 Å². The lowest BCUT2D eigenvalue weighted by atomic mass is 10.1. The van der Waals surface area contributed by atoms with Gasteiger partial charge in [0.25, 0.3) is 0 Å². The first-order chi connectivity index (χ1) is 10.9. The van der Waals surface area contributed by atoms with Crippen LogP contribution in [0.15, 0.2) is 0 Å². The molecule has 0 aromatic carbocycles. The van der Waals surface area contributed by atoms with Crippen molar-refractivity contribution in [1.82, 2.24) is 5.32 Å². The minimum Gasteiger partial charge on any atom is -0.396 e. The molecule has 0 unspecified atom stereocenters. The van der Waals surface area contributed by atoms with Crippen LogP contribution < -0.4 is 5.32 Å². The second-order valence-corrected chi connectivity index (χ2v) is 5.44. The summed E-state index contributed by atoms with van der Waals surface area (Å²) in [6.45, 7) is 6.86. The van der Waals surface area contributed by atoms with Crippen LogP contribution in [0, 0.1) is 0 Å². The maximum atomic E-state index is 8.63. The average Bonchev–Trinajstić information content (AvgIpc) is 2.56. The summed E-state index contributed by atoms with van der Waals surface area (Å²) >= 11 is 0. The Morgan fingerprint density at radius 2 is 1.32 bits per heavy atom. The quantitative estimate of drug-likeness (QED) is 0.438. The summed E-state index contributed by atoms with van der Waals surface area (Å²) in [6.07, 6.45) is 5.48. The summed E-state index contributed by atoms with van der Waals surface area (Å²) in [5.41, 5.74) is 0. The van der Waals surface area contributed by atoms with Gasteiger partial charge in [0.15, 0.2) is 0 Å². The lowest BCUT2D eigenvalue weighted by Crippen LogP contribution is -2.33. The molecular weight excluding hydrogens is 286 g/mol. The molecule has 1 fully saturated rings. The van der Waals surface area contributed by atoms with Crippen LogP contribution >= 0.6 is 0 Å². The lowest BCUT2D eigenvalue weighted by molar-refractivity contribution is -0.0252. The number of hydrogen-bond donors (Lipinski definition) is 2. The molecule has 0 aromatic heterocycles. The molecule has 0 aromatic rings. The van der Waals surface area contributed by atoms with Crippen molar-refractivity contribution in [1.29, 1.82) is 0 Å². The van der Waals surface area contributed by atoms with Crippen LogP contribution in [0.5, 0.6) is 0 Å². The Hall–Kier alpha value is -0.240. The van der Waals surface area contributed by atoms with E-state index in [0.717, 1.165) is 51.8 Å². The van der Waals surface area contributed by atoms with E-state index >= 15 is 0 Å². The Balaban J connectivity index is 1.68. The molecule has 2 N–H and O–H groups in total. The molecule has 6 heteroatoms. The Kier molecular flexibility index (Phi) is 14.1. The monoisotopic (exact) mass is 319 g/mol. The summed E-state index contributed by atoms with van der Waals surface area (Å²) in [6, 6.07) is 0. The van der Waals surface area contributed by atoms with Gasteiger partial charge in [0, 0.05) is 13.2 Å². The van der Waals surface area contributed by atoms with Gasteiger partial charge in [-0.3, -0.25) is 0 Å². The van der Waals surface area contributed by atoms with Crippen LogP contribution in [-0.2, 0) is 18.9 Å². The van der Waals surface area contributed by atoms with E-state index < -0.39 is 0 Å². The first-order valence-electron chi connectivity index (χ1n) is 8.60. The average molecular weight is 319 g/mol. The van der Waals surface area contributed by atoms with Gasteiger partial charge in [0.2, 0.25) is 0 Å². The van der Waals surface area contributed by atoms with Crippen LogP contribution in [0.4, 0.5) is 0 Å². The van der Waals surface area contributed by atoms with Gasteiger partial charge in [-0.25, -0.2) is 0 Å². The molecular formula is C16H33NO5. The smallest absolute Gasteiger partial charge is 0.0704 e. The maximum Gasteiger partial charge on any atom is 0.0704 e. The van der Waals surface area contributed by atoms with Gasteiger partial charge in [-0.1, -0.05) is 0 Å². The van der Waals surface area contributed by atoms with Crippen molar-refractivity contribution in [2.24, 2.45) is 0 Å². The van der Waals surface area contributed by atoms with Crippen molar-refractivity contribution in [3.8, 4) is 0 Å². The molecule has 0 radical (unpaired) electrons. The number of hydrogen-bond acceptors (Lipinski definition) is 6. The standard InChI is InChI=1S/C16H33NO5/c18-8-2-1-3-9-19-10-11-20-12-13-21-14-15-22-16-4-6-17-7-5-16/h16-18H,1-15H2. The van der Waals surface area contributed by atoms with E-state index in [1.54, 1.807) is 0 Å². The summed E-state index contributed by atoms with van der Waals surface area (Å²) in [7, 11) is 0. The fraction of sp³-hybridized carbons (Fsp3) is 1.00. The summed E-state index contributed by atoms with van der Waals surface area (Å²) < 4.78 is 22.0. The summed E-state index contributed by atoms with van der Waals surface area (Å²) in [5.74, 6) is 0. The predicted octanol–water partition coefficient (Wildman–Crippen LogP) is 0.967. The van der Waals surface area contributed by atoms with E-state index in [1.165, 1.54) is 0 Å².